The van der Waals surface area contributed by atoms with Gasteiger partial charge in [0.05, 0.1) is 23.1 Å². The molecule has 2 aromatic carbocycles. The van der Waals surface area contributed by atoms with Crippen LogP contribution in [-0.2, 0) is 19.6 Å². The number of hydrogen-bond donors (Lipinski definition) is 1. The molecule has 2 aliphatic heterocycles. The van der Waals surface area contributed by atoms with Crippen LogP contribution < -0.4 is 5.32 Å². The summed E-state index contributed by atoms with van der Waals surface area (Å²) in [6, 6.07) is 11.2. The third-order valence-electron chi connectivity index (χ3n) is 6.82. The van der Waals surface area contributed by atoms with Crippen LogP contribution in [0.1, 0.15) is 31.0 Å². The molecule has 38 heavy (non-hydrogen) atoms. The van der Waals surface area contributed by atoms with Crippen molar-refractivity contribution in [2.75, 3.05) is 45.9 Å². The van der Waals surface area contributed by atoms with Crippen LogP contribution in [-0.4, -0.2) is 80.4 Å². The Labute approximate surface area is 222 Å². The van der Waals surface area contributed by atoms with E-state index in [-0.39, 0.29) is 42.7 Å². The van der Waals surface area contributed by atoms with Gasteiger partial charge in [0.15, 0.2) is 0 Å². The zero-order valence-corrected chi connectivity index (χ0v) is 22.6. The van der Waals surface area contributed by atoms with Gasteiger partial charge in [0.1, 0.15) is 5.82 Å². The molecule has 1 fully saturated rings. The van der Waals surface area contributed by atoms with Crippen molar-refractivity contribution in [1.82, 2.24) is 19.4 Å². The first-order chi connectivity index (χ1) is 18.1. The maximum atomic E-state index is 13.6. The van der Waals surface area contributed by atoms with Crippen LogP contribution in [0.4, 0.5) is 9.18 Å². The predicted molar refractivity (Wildman–Crippen MR) is 140 cm³/mol. The van der Waals surface area contributed by atoms with Gasteiger partial charge < -0.3 is 10.1 Å². The molecule has 1 atom stereocenters. The second kappa shape index (κ2) is 11.6. The summed E-state index contributed by atoms with van der Waals surface area (Å²) in [6.45, 7) is 7.55. The van der Waals surface area contributed by atoms with Gasteiger partial charge in [-0.25, -0.2) is 22.4 Å². The van der Waals surface area contributed by atoms with E-state index >= 15 is 0 Å². The van der Waals surface area contributed by atoms with Crippen LogP contribution in [0.5, 0.6) is 0 Å². The number of likely N-dealkylation sites (N-methyl/N-ethyl adjacent to an activating group) is 1. The minimum absolute atomic E-state index is 0.154. The number of nitrogens with zero attached hydrogens (tertiary/aromatic N) is 3. The fourth-order valence-electron chi connectivity index (χ4n) is 4.76. The van der Waals surface area contributed by atoms with E-state index in [1.165, 1.54) is 33.5 Å². The van der Waals surface area contributed by atoms with Gasteiger partial charge in [0, 0.05) is 45.0 Å². The molecule has 11 heteroatoms. The van der Waals surface area contributed by atoms with E-state index in [4.69, 9.17) is 4.74 Å². The van der Waals surface area contributed by atoms with Gasteiger partial charge in [-0.15, -0.1) is 0 Å². The van der Waals surface area contributed by atoms with Crippen molar-refractivity contribution in [1.29, 1.82) is 0 Å². The zero-order valence-electron chi connectivity index (χ0n) is 21.8. The normalized spacial score (nSPS) is 19.4. The molecule has 204 valence electrons. The molecule has 2 heterocycles. The molecule has 4 rings (SSSR count). The molecule has 0 radical (unpaired) electrons. The Morgan fingerprint density at radius 2 is 1.66 bits per heavy atom. The number of halogens is 1. The smallest absolute Gasteiger partial charge is 0.338 e. The second-order valence-corrected chi connectivity index (χ2v) is 11.2. The number of piperazine rings is 1. The molecule has 2 aliphatic rings. The summed E-state index contributed by atoms with van der Waals surface area (Å²) in [5, 5.41) is 2.86. The molecule has 1 saturated heterocycles. The van der Waals surface area contributed by atoms with E-state index in [0.29, 0.717) is 30.9 Å². The van der Waals surface area contributed by atoms with Crippen molar-refractivity contribution in [3.63, 3.8) is 0 Å². The Hall–Kier alpha value is -3.28. The zero-order chi connectivity index (χ0) is 27.4. The van der Waals surface area contributed by atoms with Crippen molar-refractivity contribution in [3.05, 3.63) is 76.7 Å². The summed E-state index contributed by atoms with van der Waals surface area (Å²) in [4.78, 5) is 30.0. The molecule has 9 nitrogen and oxygen atoms in total. The van der Waals surface area contributed by atoms with Gasteiger partial charge in [-0.1, -0.05) is 29.8 Å². The Bertz CT molecular complexity index is 1300. The highest BCUT2D eigenvalue weighted by molar-refractivity contribution is 7.89. The molecule has 0 aromatic heterocycles. The SMILES string of the molecule is CCOC(=O)C1=C(CN2CCN(S(=O)(=O)c3ccc(C)cc3)CC2)N(CC)C(=O)N[C@@H]1c1ccc(F)cc1. The summed E-state index contributed by atoms with van der Waals surface area (Å²) < 4.78 is 46.7. The van der Waals surface area contributed by atoms with E-state index in [1.807, 2.05) is 18.7 Å². The van der Waals surface area contributed by atoms with Crippen molar-refractivity contribution in [2.45, 2.75) is 31.7 Å². The first-order valence-corrected chi connectivity index (χ1v) is 14.1. The maximum absolute atomic E-state index is 13.6. The summed E-state index contributed by atoms with van der Waals surface area (Å²) >= 11 is 0. The summed E-state index contributed by atoms with van der Waals surface area (Å²) in [7, 11) is -3.62. The number of esters is 1. The van der Waals surface area contributed by atoms with Crippen LogP contribution in [0, 0.1) is 12.7 Å². The number of nitrogens with one attached hydrogen (secondary N) is 1. The van der Waals surface area contributed by atoms with Crippen LogP contribution >= 0.6 is 0 Å². The minimum atomic E-state index is -3.62. The highest BCUT2D eigenvalue weighted by atomic mass is 32.2. The Balaban J connectivity index is 1.61. The Kier molecular flexibility index (Phi) is 8.49. The highest BCUT2D eigenvalue weighted by Crippen LogP contribution is 2.32. The van der Waals surface area contributed by atoms with Gasteiger partial charge in [-0.3, -0.25) is 9.80 Å². The largest absolute Gasteiger partial charge is 0.463 e. The van der Waals surface area contributed by atoms with Gasteiger partial charge in [0.2, 0.25) is 10.0 Å². The van der Waals surface area contributed by atoms with E-state index < -0.39 is 27.9 Å². The average molecular weight is 545 g/mol. The number of ether oxygens (including phenoxy) is 1. The van der Waals surface area contributed by atoms with Crippen molar-refractivity contribution in [2.24, 2.45) is 0 Å². The first kappa shape index (κ1) is 27.7. The lowest BCUT2D eigenvalue weighted by Crippen LogP contribution is -2.53. The molecular formula is C27H33FN4O5S. The molecule has 0 spiro atoms. The number of aryl methyl sites for hydroxylation is 1. The van der Waals surface area contributed by atoms with Crippen molar-refractivity contribution in [3.8, 4) is 0 Å². The number of hydrogen-bond acceptors (Lipinski definition) is 6. The van der Waals surface area contributed by atoms with Gasteiger partial charge in [-0.2, -0.15) is 4.31 Å². The van der Waals surface area contributed by atoms with E-state index in [1.54, 1.807) is 31.2 Å². The quantitative estimate of drug-likeness (QED) is 0.513. The monoisotopic (exact) mass is 544 g/mol. The minimum Gasteiger partial charge on any atom is -0.463 e. The average Bonchev–Trinajstić information content (AvgIpc) is 2.89. The number of sulfonamides is 1. The molecule has 0 bridgehead atoms. The standard InChI is InChI=1S/C27H33FN4O5S/c1-4-32-23(18-30-14-16-31(17-15-30)38(35,36)22-12-6-19(3)7-13-22)24(26(33)37-5-2)25(29-27(32)34)20-8-10-21(28)11-9-20/h6-13,25H,4-5,14-18H2,1-3H3,(H,29,34)/t25-/m1/s1. The second-order valence-electron chi connectivity index (χ2n) is 9.25. The van der Waals surface area contributed by atoms with Crippen molar-refractivity contribution >= 4 is 22.0 Å². The first-order valence-electron chi connectivity index (χ1n) is 12.7. The molecule has 0 aliphatic carbocycles. The summed E-state index contributed by atoms with van der Waals surface area (Å²) in [6.07, 6.45) is 0. The lowest BCUT2D eigenvalue weighted by atomic mass is 9.94. The van der Waals surface area contributed by atoms with Crippen LogP contribution in [0.3, 0.4) is 0 Å². The predicted octanol–water partition coefficient (Wildman–Crippen LogP) is 3.04. The van der Waals surface area contributed by atoms with E-state index in [0.717, 1.165) is 5.56 Å². The maximum Gasteiger partial charge on any atom is 0.338 e. The summed E-state index contributed by atoms with van der Waals surface area (Å²) in [5.41, 5.74) is 2.33. The highest BCUT2D eigenvalue weighted by Gasteiger charge is 2.39. The van der Waals surface area contributed by atoms with E-state index in [9.17, 15) is 22.4 Å². The van der Waals surface area contributed by atoms with E-state index in [2.05, 4.69) is 5.32 Å². The molecule has 2 amide bonds. The molecule has 1 N–H and O–H groups in total. The van der Waals surface area contributed by atoms with Crippen LogP contribution in [0.25, 0.3) is 0 Å². The van der Waals surface area contributed by atoms with Crippen LogP contribution in [0.15, 0.2) is 64.7 Å². The number of urea groups is 1. The van der Waals surface area contributed by atoms with Gasteiger partial charge >= 0.3 is 12.0 Å². The summed E-state index contributed by atoms with van der Waals surface area (Å²) in [5.74, 6) is -0.984. The molecule has 0 saturated carbocycles. The molecule has 0 unspecified atom stereocenters. The number of benzene rings is 2. The molecular weight excluding hydrogens is 511 g/mol. The van der Waals surface area contributed by atoms with Crippen LogP contribution in [0.2, 0.25) is 0 Å². The fourth-order valence-corrected chi connectivity index (χ4v) is 6.18. The third-order valence-corrected chi connectivity index (χ3v) is 8.73. The topological polar surface area (TPSA) is 99.3 Å². The van der Waals surface area contributed by atoms with Gasteiger partial charge in [-0.05, 0) is 50.6 Å². The Morgan fingerprint density at radius 1 is 1.03 bits per heavy atom. The lowest BCUT2D eigenvalue weighted by molar-refractivity contribution is -0.139. The number of carbonyl (C=O) groups is 2. The number of amides is 2. The lowest BCUT2D eigenvalue weighted by Gasteiger charge is -2.40. The fraction of sp³-hybridized carbons (Fsp3) is 0.407. The number of carbonyl (C=O) groups excluding carboxylic acids is 2. The third kappa shape index (κ3) is 5.74. The van der Waals surface area contributed by atoms with Gasteiger partial charge in [0.25, 0.3) is 0 Å². The van der Waals surface area contributed by atoms with Crippen molar-refractivity contribution < 1.29 is 27.1 Å². The number of rotatable bonds is 8. The Morgan fingerprint density at radius 3 is 2.24 bits per heavy atom. The molecule has 2 aromatic rings.